The number of ketones is 1. The monoisotopic (exact) mass is 542 g/mol. The van der Waals surface area contributed by atoms with Gasteiger partial charge in [0.05, 0.1) is 42.7 Å². The maximum Gasteiger partial charge on any atom is 0.451 e. The molecule has 37 heavy (non-hydrogen) atoms. The second-order valence-corrected chi connectivity index (χ2v) is 9.24. The van der Waals surface area contributed by atoms with Crippen LogP contribution in [-0.4, -0.2) is 85.6 Å². The molecule has 0 saturated carbocycles. The van der Waals surface area contributed by atoms with Crippen LogP contribution in [0.4, 0.5) is 17.6 Å². The van der Waals surface area contributed by atoms with Gasteiger partial charge in [0, 0.05) is 31.8 Å². The number of aromatic nitrogens is 5. The summed E-state index contributed by atoms with van der Waals surface area (Å²) in [6.45, 7) is -0.457. The molecule has 1 aliphatic rings. The number of amides is 1. The van der Waals surface area contributed by atoms with Crippen LogP contribution in [0, 0.1) is 0 Å². The molecule has 0 aromatic carbocycles. The number of carbonyl (C=O) groups excluding carboxylic acids is 2. The average Bonchev–Trinajstić information content (AvgIpc) is 3.49. The Morgan fingerprint density at radius 3 is 2.68 bits per heavy atom. The molecule has 1 amide bonds. The minimum atomic E-state index is -4.80. The summed E-state index contributed by atoms with van der Waals surface area (Å²) in [5.41, 5.74) is -1.76. The molecule has 0 radical (unpaired) electrons. The third-order valence-electron chi connectivity index (χ3n) is 5.81. The van der Waals surface area contributed by atoms with Gasteiger partial charge in [-0.1, -0.05) is 11.8 Å². The second kappa shape index (κ2) is 10.7. The van der Waals surface area contributed by atoms with Crippen LogP contribution in [0.2, 0.25) is 0 Å². The maximum absolute atomic E-state index is 15.3. The van der Waals surface area contributed by atoms with Crippen LogP contribution in [0.15, 0.2) is 29.6 Å². The summed E-state index contributed by atoms with van der Waals surface area (Å²) in [5, 5.41) is 13.2. The fraction of sp³-hybridized carbons (Fsp3) is 0.455. The number of hydrogen-bond donors (Lipinski definition) is 1. The number of aliphatic hydroxyl groups excluding tert-OH is 1. The lowest BCUT2D eigenvalue weighted by atomic mass is 9.99. The van der Waals surface area contributed by atoms with E-state index in [9.17, 15) is 22.8 Å². The van der Waals surface area contributed by atoms with E-state index in [0.717, 1.165) is 11.8 Å². The second-order valence-electron chi connectivity index (χ2n) is 8.28. The number of aliphatic hydroxyl groups is 1. The Hall–Kier alpha value is -3.17. The molecule has 3 aromatic heterocycles. The van der Waals surface area contributed by atoms with Crippen LogP contribution in [-0.2, 0) is 27.9 Å². The Morgan fingerprint density at radius 1 is 1.24 bits per heavy atom. The van der Waals surface area contributed by atoms with Gasteiger partial charge in [-0.05, 0) is 12.1 Å². The molecule has 1 saturated heterocycles. The van der Waals surface area contributed by atoms with Gasteiger partial charge in [0.1, 0.15) is 11.6 Å². The normalized spacial score (nSPS) is 18.1. The first kappa shape index (κ1) is 26.9. The molecule has 4 heterocycles. The molecular formula is C22H22F4N6O4S. The molecule has 10 nitrogen and oxygen atoms in total. The van der Waals surface area contributed by atoms with Crippen LogP contribution < -0.4 is 0 Å². The van der Waals surface area contributed by atoms with Crippen molar-refractivity contribution in [2.24, 2.45) is 0 Å². The fourth-order valence-corrected chi connectivity index (χ4v) is 4.73. The summed E-state index contributed by atoms with van der Waals surface area (Å²) in [6, 6.07) is 2.72. The molecule has 1 aliphatic heterocycles. The van der Waals surface area contributed by atoms with Gasteiger partial charge in [0.2, 0.25) is 11.7 Å². The highest BCUT2D eigenvalue weighted by molar-refractivity contribution is 8.00. The highest BCUT2D eigenvalue weighted by Gasteiger charge is 2.42. The van der Waals surface area contributed by atoms with Crippen molar-refractivity contribution in [1.29, 1.82) is 0 Å². The van der Waals surface area contributed by atoms with E-state index >= 15 is 4.39 Å². The number of Topliss-reactive ketones (excluding diaryl/α,β-unsaturated/α-hetero) is 1. The SMILES string of the molecule is COCCn1ncc2c(SCC(=O)c3ccc(C4(F)CCN(C(=O)CO)C4)nc3)nc(C(F)(F)F)nc21. The topological polar surface area (TPSA) is 123 Å². The number of nitrogens with zero attached hydrogens (tertiary/aromatic N) is 6. The number of likely N-dealkylation sites (tertiary alicyclic amines) is 1. The molecule has 1 N–H and O–H groups in total. The molecule has 0 aliphatic carbocycles. The first-order valence-electron chi connectivity index (χ1n) is 11.1. The van der Waals surface area contributed by atoms with E-state index < -0.39 is 36.0 Å². The smallest absolute Gasteiger partial charge is 0.387 e. The van der Waals surface area contributed by atoms with E-state index in [1.807, 2.05) is 0 Å². The van der Waals surface area contributed by atoms with Crippen molar-refractivity contribution >= 4 is 34.5 Å². The predicted molar refractivity (Wildman–Crippen MR) is 123 cm³/mol. The summed E-state index contributed by atoms with van der Waals surface area (Å²) in [4.78, 5) is 36.8. The molecule has 1 unspecified atom stereocenters. The summed E-state index contributed by atoms with van der Waals surface area (Å²) >= 11 is 0.800. The van der Waals surface area contributed by atoms with Crippen LogP contribution >= 0.6 is 11.8 Å². The van der Waals surface area contributed by atoms with Crippen LogP contribution in [0.1, 0.15) is 28.3 Å². The van der Waals surface area contributed by atoms with E-state index in [0.29, 0.717) is 0 Å². The number of pyridine rings is 1. The number of halogens is 4. The Bertz CT molecular complexity index is 1300. The van der Waals surface area contributed by atoms with Gasteiger partial charge in [-0.15, -0.1) is 0 Å². The molecule has 15 heteroatoms. The standard InChI is InChI=1S/C22H22F4N6O4S/c1-36-7-6-32-18-14(9-28-32)19(30-20(29-18)22(24,25)26)37-11-15(34)13-2-3-16(27-8-13)21(23)4-5-31(12-21)17(35)10-33/h2-3,8-9,33H,4-7,10-12H2,1H3. The maximum atomic E-state index is 15.3. The molecule has 0 spiro atoms. The van der Waals surface area contributed by atoms with Crippen molar-refractivity contribution in [3.8, 4) is 0 Å². The third-order valence-corrected chi connectivity index (χ3v) is 6.81. The largest absolute Gasteiger partial charge is 0.451 e. The fourth-order valence-electron chi connectivity index (χ4n) is 3.84. The van der Waals surface area contributed by atoms with Gasteiger partial charge in [0.25, 0.3) is 0 Å². The number of thioether (sulfide) groups is 1. The molecule has 198 valence electrons. The minimum absolute atomic E-state index is 0.00179. The zero-order valence-electron chi connectivity index (χ0n) is 19.5. The van der Waals surface area contributed by atoms with Crippen molar-refractivity contribution in [2.75, 3.05) is 39.2 Å². The third kappa shape index (κ3) is 5.72. The van der Waals surface area contributed by atoms with Gasteiger partial charge in [-0.25, -0.2) is 19.0 Å². The van der Waals surface area contributed by atoms with E-state index in [1.165, 1.54) is 41.2 Å². The van der Waals surface area contributed by atoms with Crippen LogP contribution in [0.3, 0.4) is 0 Å². The first-order valence-corrected chi connectivity index (χ1v) is 12.0. The number of fused-ring (bicyclic) bond motifs is 1. The highest BCUT2D eigenvalue weighted by atomic mass is 32.2. The van der Waals surface area contributed by atoms with Crippen molar-refractivity contribution in [1.82, 2.24) is 29.6 Å². The van der Waals surface area contributed by atoms with Gasteiger partial charge in [-0.2, -0.15) is 18.3 Å². The number of hydrogen-bond acceptors (Lipinski definition) is 9. The number of ether oxygens (including phenoxy) is 1. The molecule has 4 rings (SSSR count). The van der Waals surface area contributed by atoms with Gasteiger partial charge in [0.15, 0.2) is 17.1 Å². The van der Waals surface area contributed by atoms with Crippen molar-refractivity contribution in [3.63, 3.8) is 0 Å². The molecule has 1 atom stereocenters. The molecule has 0 bridgehead atoms. The lowest BCUT2D eigenvalue weighted by Gasteiger charge is -2.20. The summed E-state index contributed by atoms with van der Waals surface area (Å²) in [7, 11) is 1.45. The summed E-state index contributed by atoms with van der Waals surface area (Å²) in [5.74, 6) is -2.64. The lowest BCUT2D eigenvalue weighted by molar-refractivity contribution is -0.145. The number of alkyl halides is 4. The Morgan fingerprint density at radius 2 is 2.03 bits per heavy atom. The molecule has 3 aromatic rings. The zero-order chi connectivity index (χ0) is 26.8. The highest BCUT2D eigenvalue weighted by Crippen LogP contribution is 2.35. The lowest BCUT2D eigenvalue weighted by Crippen LogP contribution is -2.34. The van der Waals surface area contributed by atoms with Crippen molar-refractivity contribution in [2.45, 2.75) is 29.8 Å². The minimum Gasteiger partial charge on any atom is -0.387 e. The summed E-state index contributed by atoms with van der Waals surface area (Å²) < 4.78 is 61.8. The predicted octanol–water partition coefficient (Wildman–Crippen LogP) is 2.25. The number of carbonyl (C=O) groups is 2. The Balaban J connectivity index is 1.50. The van der Waals surface area contributed by atoms with Crippen LogP contribution in [0.5, 0.6) is 0 Å². The van der Waals surface area contributed by atoms with Gasteiger partial charge >= 0.3 is 6.18 Å². The molecule has 1 fully saturated rings. The zero-order valence-corrected chi connectivity index (χ0v) is 20.4. The summed E-state index contributed by atoms with van der Waals surface area (Å²) in [6.07, 6.45) is -2.28. The van der Waals surface area contributed by atoms with Crippen molar-refractivity contribution < 1.29 is 37.0 Å². The Labute approximate surface area is 212 Å². The molecular weight excluding hydrogens is 520 g/mol. The van der Waals surface area contributed by atoms with E-state index in [2.05, 4.69) is 20.1 Å². The van der Waals surface area contributed by atoms with Gasteiger partial charge < -0.3 is 14.7 Å². The number of methoxy groups -OCH3 is 1. The van der Waals surface area contributed by atoms with E-state index in [1.54, 1.807) is 0 Å². The quantitative estimate of drug-likeness (QED) is 0.188. The van der Waals surface area contributed by atoms with E-state index in [4.69, 9.17) is 9.84 Å². The van der Waals surface area contributed by atoms with Gasteiger partial charge in [-0.3, -0.25) is 14.6 Å². The number of rotatable bonds is 9. The first-order chi connectivity index (χ1) is 17.6. The van der Waals surface area contributed by atoms with E-state index in [-0.39, 0.29) is 65.7 Å². The van der Waals surface area contributed by atoms with Crippen LogP contribution in [0.25, 0.3) is 11.0 Å². The average molecular weight is 543 g/mol. The Kier molecular flexibility index (Phi) is 7.75. The van der Waals surface area contributed by atoms with Crippen molar-refractivity contribution in [3.05, 3.63) is 41.6 Å².